The van der Waals surface area contributed by atoms with Crippen molar-refractivity contribution in [3.8, 4) is 0 Å². The average Bonchev–Trinajstić information content (AvgIpc) is 2.36. The molecule has 0 fully saturated rings. The fourth-order valence-corrected chi connectivity index (χ4v) is 1.46. The molecular weight excluding hydrogens is 218 g/mol. The summed E-state index contributed by atoms with van der Waals surface area (Å²) in [5.41, 5.74) is 0.871. The van der Waals surface area contributed by atoms with Crippen molar-refractivity contribution in [2.24, 2.45) is 0 Å². The van der Waals surface area contributed by atoms with E-state index in [0.717, 1.165) is 5.56 Å². The molecule has 0 aliphatic carbocycles. The van der Waals surface area contributed by atoms with Crippen molar-refractivity contribution in [2.45, 2.75) is 19.4 Å². The van der Waals surface area contributed by atoms with Gasteiger partial charge < -0.3 is 15.2 Å². The molecule has 0 saturated carbocycles. The first-order chi connectivity index (χ1) is 8.24. The Morgan fingerprint density at radius 1 is 1.41 bits per heavy atom. The van der Waals surface area contributed by atoms with Crippen LogP contribution in [-0.4, -0.2) is 30.8 Å². The van der Waals surface area contributed by atoms with E-state index < -0.39 is 6.10 Å². The third-order valence-electron chi connectivity index (χ3n) is 2.33. The number of benzene rings is 1. The van der Waals surface area contributed by atoms with Gasteiger partial charge in [-0.15, -0.1) is 0 Å². The van der Waals surface area contributed by atoms with Gasteiger partial charge >= 0.3 is 5.97 Å². The van der Waals surface area contributed by atoms with Gasteiger partial charge in [0, 0.05) is 13.1 Å². The van der Waals surface area contributed by atoms with Gasteiger partial charge in [-0.05, 0) is 12.5 Å². The Morgan fingerprint density at radius 3 is 2.76 bits per heavy atom. The molecule has 0 aromatic heterocycles. The second-order valence-electron chi connectivity index (χ2n) is 3.69. The Labute approximate surface area is 102 Å². The van der Waals surface area contributed by atoms with E-state index in [-0.39, 0.29) is 5.97 Å². The Bertz CT molecular complexity index is 327. The minimum atomic E-state index is -0.543. The molecule has 1 atom stereocenters. The summed E-state index contributed by atoms with van der Waals surface area (Å²) in [7, 11) is 0. The Hall–Kier alpha value is -1.39. The molecule has 4 heteroatoms. The van der Waals surface area contributed by atoms with Gasteiger partial charge in [-0.3, -0.25) is 4.79 Å². The van der Waals surface area contributed by atoms with Crippen LogP contribution in [0.5, 0.6) is 0 Å². The number of rotatable bonds is 7. The van der Waals surface area contributed by atoms with E-state index in [1.807, 2.05) is 30.3 Å². The molecule has 1 rings (SSSR count). The van der Waals surface area contributed by atoms with Crippen LogP contribution in [-0.2, 0) is 9.53 Å². The summed E-state index contributed by atoms with van der Waals surface area (Å²) in [4.78, 5) is 11.0. The standard InChI is InChI=1S/C13H19NO3/c1-2-17-13(16)8-9-14-10-12(15)11-6-4-3-5-7-11/h3-7,12,14-15H,2,8-10H2,1H3. The number of carbonyl (C=O) groups is 1. The largest absolute Gasteiger partial charge is 0.466 e. The first-order valence-corrected chi connectivity index (χ1v) is 5.83. The summed E-state index contributed by atoms with van der Waals surface area (Å²) in [5, 5.41) is 12.8. The first kappa shape index (κ1) is 13.7. The highest BCUT2D eigenvalue weighted by Gasteiger charge is 2.06. The predicted octanol–water partition coefficient (Wildman–Crippen LogP) is 1.26. The number of aliphatic hydroxyl groups is 1. The summed E-state index contributed by atoms with van der Waals surface area (Å²) in [6.45, 7) is 3.14. The smallest absolute Gasteiger partial charge is 0.307 e. The SMILES string of the molecule is CCOC(=O)CCNCC(O)c1ccccc1. The topological polar surface area (TPSA) is 58.6 Å². The van der Waals surface area contributed by atoms with Crippen LogP contribution in [0.2, 0.25) is 0 Å². The summed E-state index contributed by atoms with van der Waals surface area (Å²) in [6, 6.07) is 9.42. The van der Waals surface area contributed by atoms with E-state index in [0.29, 0.717) is 26.1 Å². The average molecular weight is 237 g/mol. The van der Waals surface area contributed by atoms with Gasteiger partial charge in [-0.1, -0.05) is 30.3 Å². The molecule has 0 radical (unpaired) electrons. The molecule has 94 valence electrons. The molecule has 1 unspecified atom stereocenters. The Morgan fingerprint density at radius 2 is 2.12 bits per heavy atom. The van der Waals surface area contributed by atoms with E-state index in [1.54, 1.807) is 6.92 Å². The van der Waals surface area contributed by atoms with Gasteiger partial charge in [0.1, 0.15) is 0 Å². The van der Waals surface area contributed by atoms with E-state index >= 15 is 0 Å². The van der Waals surface area contributed by atoms with Crippen molar-refractivity contribution in [3.05, 3.63) is 35.9 Å². The highest BCUT2D eigenvalue weighted by molar-refractivity contribution is 5.69. The van der Waals surface area contributed by atoms with Crippen molar-refractivity contribution < 1.29 is 14.6 Å². The summed E-state index contributed by atoms with van der Waals surface area (Å²) < 4.78 is 4.79. The highest BCUT2D eigenvalue weighted by atomic mass is 16.5. The molecular formula is C13H19NO3. The van der Waals surface area contributed by atoms with Crippen LogP contribution in [0, 0.1) is 0 Å². The zero-order valence-corrected chi connectivity index (χ0v) is 10.1. The van der Waals surface area contributed by atoms with E-state index in [4.69, 9.17) is 4.74 Å². The van der Waals surface area contributed by atoms with Crippen molar-refractivity contribution in [3.63, 3.8) is 0 Å². The summed E-state index contributed by atoms with van der Waals surface area (Å²) >= 11 is 0. The second-order valence-corrected chi connectivity index (χ2v) is 3.69. The fraction of sp³-hybridized carbons (Fsp3) is 0.462. The Balaban J connectivity index is 2.17. The first-order valence-electron chi connectivity index (χ1n) is 5.83. The lowest BCUT2D eigenvalue weighted by atomic mass is 10.1. The quantitative estimate of drug-likeness (QED) is 0.554. The molecule has 0 amide bonds. The third kappa shape index (κ3) is 5.47. The minimum Gasteiger partial charge on any atom is -0.466 e. The van der Waals surface area contributed by atoms with Gasteiger partial charge in [0.2, 0.25) is 0 Å². The number of nitrogens with one attached hydrogen (secondary N) is 1. The second kappa shape index (κ2) is 7.81. The molecule has 0 aliphatic heterocycles. The number of hydrogen-bond donors (Lipinski definition) is 2. The van der Waals surface area contributed by atoms with Crippen LogP contribution in [0.1, 0.15) is 25.0 Å². The molecule has 1 aromatic rings. The molecule has 1 aromatic carbocycles. The van der Waals surface area contributed by atoms with Gasteiger partial charge in [0.15, 0.2) is 0 Å². The van der Waals surface area contributed by atoms with Crippen LogP contribution >= 0.6 is 0 Å². The van der Waals surface area contributed by atoms with E-state index in [2.05, 4.69) is 5.32 Å². The van der Waals surface area contributed by atoms with Crippen LogP contribution in [0.3, 0.4) is 0 Å². The zero-order chi connectivity index (χ0) is 12.5. The predicted molar refractivity (Wildman–Crippen MR) is 65.5 cm³/mol. The maximum Gasteiger partial charge on any atom is 0.307 e. The molecule has 0 heterocycles. The van der Waals surface area contributed by atoms with Gasteiger partial charge in [-0.2, -0.15) is 0 Å². The van der Waals surface area contributed by atoms with Crippen LogP contribution in [0.4, 0.5) is 0 Å². The van der Waals surface area contributed by atoms with Crippen LogP contribution < -0.4 is 5.32 Å². The lowest BCUT2D eigenvalue weighted by Crippen LogP contribution is -2.24. The van der Waals surface area contributed by atoms with Crippen LogP contribution in [0.15, 0.2) is 30.3 Å². The van der Waals surface area contributed by atoms with Crippen molar-refractivity contribution in [2.75, 3.05) is 19.7 Å². The van der Waals surface area contributed by atoms with E-state index in [1.165, 1.54) is 0 Å². The monoisotopic (exact) mass is 237 g/mol. The van der Waals surface area contributed by atoms with Gasteiger partial charge in [-0.25, -0.2) is 0 Å². The molecule has 0 aliphatic rings. The summed E-state index contributed by atoms with van der Waals surface area (Å²) in [6.07, 6.45) is -0.214. The lowest BCUT2D eigenvalue weighted by molar-refractivity contribution is -0.143. The maximum absolute atomic E-state index is 11.0. The van der Waals surface area contributed by atoms with Crippen molar-refractivity contribution in [1.29, 1.82) is 0 Å². The highest BCUT2D eigenvalue weighted by Crippen LogP contribution is 2.10. The maximum atomic E-state index is 11.0. The molecule has 0 saturated heterocycles. The van der Waals surface area contributed by atoms with E-state index in [9.17, 15) is 9.90 Å². The molecule has 17 heavy (non-hydrogen) atoms. The van der Waals surface area contributed by atoms with Crippen LogP contribution in [0.25, 0.3) is 0 Å². The Kier molecular flexibility index (Phi) is 6.29. The molecule has 0 bridgehead atoms. The lowest BCUT2D eigenvalue weighted by Gasteiger charge is -2.11. The zero-order valence-electron chi connectivity index (χ0n) is 10.1. The number of hydrogen-bond acceptors (Lipinski definition) is 4. The number of ether oxygens (including phenoxy) is 1. The van der Waals surface area contributed by atoms with Gasteiger partial charge in [0.25, 0.3) is 0 Å². The summed E-state index contributed by atoms with van der Waals surface area (Å²) in [5.74, 6) is -0.214. The van der Waals surface area contributed by atoms with Gasteiger partial charge in [0.05, 0.1) is 19.1 Å². The normalized spacial score (nSPS) is 12.1. The minimum absolute atomic E-state index is 0.214. The third-order valence-corrected chi connectivity index (χ3v) is 2.33. The molecule has 2 N–H and O–H groups in total. The van der Waals surface area contributed by atoms with Crippen molar-refractivity contribution in [1.82, 2.24) is 5.32 Å². The van der Waals surface area contributed by atoms with Crippen molar-refractivity contribution >= 4 is 5.97 Å². The number of aliphatic hydroxyl groups excluding tert-OH is 1. The number of esters is 1. The fourth-order valence-electron chi connectivity index (χ4n) is 1.46. The number of carbonyl (C=O) groups excluding carboxylic acids is 1. The molecule has 0 spiro atoms. The molecule has 4 nitrogen and oxygen atoms in total.